The van der Waals surface area contributed by atoms with Gasteiger partial charge in [-0.1, -0.05) is 63.4 Å². The fourth-order valence-electron chi connectivity index (χ4n) is 7.27. The molecule has 0 fully saturated rings. The second-order valence-electron chi connectivity index (χ2n) is 18.3. The van der Waals surface area contributed by atoms with E-state index in [0.717, 1.165) is 32.5 Å². The molecule has 4 aliphatic heterocycles. The summed E-state index contributed by atoms with van der Waals surface area (Å²) in [6.45, 7) is 28.8. The topological polar surface area (TPSA) is 436 Å². The van der Waals surface area contributed by atoms with Gasteiger partial charge in [-0.05, 0) is 47.6 Å². The molecular formula is C51H52N14O16S. The first-order valence-electron chi connectivity index (χ1n) is 23.7. The zero-order valence-corrected chi connectivity index (χ0v) is 45.1. The number of carboxylic acids is 1. The number of hydrogen-bond acceptors (Lipinski definition) is 20. The van der Waals surface area contributed by atoms with Crippen LogP contribution in [0.25, 0.3) is 11.4 Å². The van der Waals surface area contributed by atoms with Crippen LogP contribution in [-0.2, 0) is 43.2 Å². The highest BCUT2D eigenvalue weighted by Gasteiger charge is 2.39. The molecule has 2 aromatic heterocycles. The number of aliphatic hydroxyl groups is 2. The quantitative estimate of drug-likeness (QED) is 0.157. The van der Waals surface area contributed by atoms with E-state index in [1.807, 2.05) is 0 Å². The minimum Gasteiger partial charge on any atom is -0.477 e. The molecule has 0 saturated carbocycles. The van der Waals surface area contributed by atoms with E-state index in [0.29, 0.717) is 5.03 Å². The maximum atomic E-state index is 13.7. The monoisotopic (exact) mass is 1150 g/mol. The van der Waals surface area contributed by atoms with E-state index in [4.69, 9.17) is 8.83 Å². The van der Waals surface area contributed by atoms with E-state index in [2.05, 4.69) is 108 Å². The molecule has 31 heteroatoms. The molecule has 0 aliphatic carbocycles. The summed E-state index contributed by atoms with van der Waals surface area (Å²) in [5.41, 5.74) is -7.11. The predicted molar refractivity (Wildman–Crippen MR) is 287 cm³/mol. The third-order valence-electron chi connectivity index (χ3n) is 11.5. The van der Waals surface area contributed by atoms with E-state index >= 15 is 0 Å². The van der Waals surface area contributed by atoms with Crippen LogP contribution in [0.4, 0.5) is 0 Å². The van der Waals surface area contributed by atoms with Crippen molar-refractivity contribution < 1.29 is 76.9 Å². The number of amides is 10. The molecule has 82 heavy (non-hydrogen) atoms. The Bertz CT molecular complexity index is 3510. The Hall–Kier alpha value is -10.5. The van der Waals surface area contributed by atoms with Gasteiger partial charge in [0, 0.05) is 17.2 Å². The summed E-state index contributed by atoms with van der Waals surface area (Å²) < 4.78 is 11.1. The van der Waals surface area contributed by atoms with Gasteiger partial charge in [-0.3, -0.25) is 52.9 Å². The number of aromatic nitrogens is 2. The number of fused-ring (bicyclic) bond motifs is 6. The molecular weight excluding hydrogens is 1100 g/mol. The van der Waals surface area contributed by atoms with Crippen LogP contribution in [0.5, 0.6) is 0 Å². The second kappa shape index (κ2) is 24.2. The number of carbonyl (C=O) groups is 11. The Balaban J connectivity index is 1.29. The third-order valence-corrected chi connectivity index (χ3v) is 12.5. The number of aliphatic hydroxyl groups excluding tert-OH is 1. The van der Waals surface area contributed by atoms with Gasteiger partial charge < -0.3 is 82.2 Å². The molecule has 4 atom stereocenters. The van der Waals surface area contributed by atoms with Crippen molar-refractivity contribution in [2.24, 2.45) is 4.99 Å². The fourth-order valence-corrected chi connectivity index (χ4v) is 8.27. The summed E-state index contributed by atoms with van der Waals surface area (Å²) in [6.07, 6.45) is 3.55. The van der Waals surface area contributed by atoms with Crippen molar-refractivity contribution in [3.05, 3.63) is 154 Å². The average Bonchev–Trinajstić information content (AvgIpc) is 2.41. The summed E-state index contributed by atoms with van der Waals surface area (Å²) in [7, 11) is 0. The fraction of sp³-hybridized carbons (Fsp3) is 0.216. The molecule has 4 unspecified atom stereocenters. The Labute approximate surface area is 468 Å². The largest absolute Gasteiger partial charge is 0.477 e. The van der Waals surface area contributed by atoms with E-state index in [1.54, 1.807) is 0 Å². The molecule has 30 nitrogen and oxygen atoms in total. The van der Waals surface area contributed by atoms with Crippen molar-refractivity contribution >= 4 is 93.9 Å². The van der Waals surface area contributed by atoms with E-state index in [1.165, 1.54) is 55.5 Å². The number of thioether (sulfide) groups is 1. The van der Waals surface area contributed by atoms with Gasteiger partial charge in [0.2, 0.25) is 23.6 Å². The molecule has 0 radical (unpaired) electrons. The summed E-state index contributed by atoms with van der Waals surface area (Å²) in [5.74, 6) is -13.6. The van der Waals surface area contributed by atoms with Crippen LogP contribution >= 0.6 is 11.8 Å². The molecule has 6 rings (SSSR count). The van der Waals surface area contributed by atoms with Gasteiger partial charge in [-0.2, -0.15) is 0 Å². The minimum absolute atomic E-state index is 0.0811. The van der Waals surface area contributed by atoms with E-state index in [-0.39, 0.29) is 45.8 Å². The Morgan fingerprint density at radius 3 is 1.71 bits per heavy atom. The Morgan fingerprint density at radius 1 is 0.683 bits per heavy atom. The number of hydrogen-bond donors (Lipinski definition) is 13. The molecule has 0 spiro atoms. The average molecular weight is 1150 g/mol. The highest BCUT2D eigenvalue weighted by molar-refractivity contribution is 8.06. The van der Waals surface area contributed by atoms with Crippen LogP contribution in [-0.4, -0.2) is 131 Å². The van der Waals surface area contributed by atoms with Crippen LogP contribution in [0.15, 0.2) is 134 Å². The van der Waals surface area contributed by atoms with Crippen LogP contribution in [0.2, 0.25) is 0 Å². The number of carboxylic acid groups (broad SMARTS) is 1. The van der Waals surface area contributed by atoms with Crippen molar-refractivity contribution in [3.8, 4) is 0 Å². The molecule has 0 aromatic carbocycles. The number of nitrogens with one attached hydrogen (secondary N) is 10. The number of carbonyl (C=O) groups excluding carboxylic acids is 10. The van der Waals surface area contributed by atoms with Gasteiger partial charge in [0.25, 0.3) is 47.3 Å². The summed E-state index contributed by atoms with van der Waals surface area (Å²) in [6, 6.07) is -5.04. The standard InChI is InChI=1S/C51H52N14O16S/c1-13-28-48-63-34(26(10)81-48)45(75)56-19(3)38(68)53-22(6)41(71)64-36(51(11,12)79)46(76)57-23(7)47-62-33(25(9)80-47)44(74)55-18(2)37(67)52-20(4)39(69)60-30-16-65-31(50(77)78)17-82-49(65)27-14-15-29(58-35(27)30)42(72)54-21(5)40(70)61-32(24(8)66)43(73)59-28/h13-17,24,29,32,36,66,79H,2-7H2,1,8-12H3,(H,52,67)(H,53,68)(H,54,72)(H,55,74)(H,56,75)(H,57,76)(H,59,73)(H,60,69)(H,61,70)(H,64,71)(H,77,78). The van der Waals surface area contributed by atoms with Gasteiger partial charge in [-0.25, -0.2) is 14.8 Å². The molecule has 13 N–H and O–H groups in total. The lowest BCUT2D eigenvalue weighted by molar-refractivity contribution is -0.134. The zero-order chi connectivity index (χ0) is 61.0. The van der Waals surface area contributed by atoms with Gasteiger partial charge in [0.1, 0.15) is 35.3 Å². The van der Waals surface area contributed by atoms with Crippen molar-refractivity contribution in [3.63, 3.8) is 0 Å². The number of dihydropyridines is 1. The van der Waals surface area contributed by atoms with Crippen molar-refractivity contribution in [1.29, 1.82) is 0 Å². The van der Waals surface area contributed by atoms with Gasteiger partial charge >= 0.3 is 5.97 Å². The van der Waals surface area contributed by atoms with E-state index in [9.17, 15) is 68.1 Å². The smallest absolute Gasteiger partial charge is 0.353 e. The SMILES string of the molecule is C=C1NC(=O)c2nc(oc2C)C(=C)NC(=O)C(C(C)(C)O)NC(=O)C(=C)NC(=O)C(=C)NC(=O)c2nc(oc2C)C(=CC)NC(=O)C(C(C)O)NC(=O)C(=C)NC(=O)C2C=CC3=C4SC=C(C(=O)O)N4C=C(NC(=O)C(=C)NC1=O)C3=N2. The molecule has 6 bridgehead atoms. The normalized spacial score (nSPS) is 21.8. The lowest BCUT2D eigenvalue weighted by Crippen LogP contribution is -2.58. The lowest BCUT2D eigenvalue weighted by atomic mass is 9.97. The minimum atomic E-state index is -2.04. The first-order chi connectivity index (χ1) is 38.3. The highest BCUT2D eigenvalue weighted by Crippen LogP contribution is 2.42. The number of rotatable bonds is 3. The number of allylic oxidation sites excluding steroid dienone is 3. The molecule has 428 valence electrons. The maximum absolute atomic E-state index is 13.7. The van der Waals surface area contributed by atoms with Gasteiger partial charge in [0.05, 0.1) is 68.0 Å². The lowest BCUT2D eigenvalue weighted by Gasteiger charge is -2.30. The first kappa shape index (κ1) is 60.7. The second-order valence-corrected chi connectivity index (χ2v) is 19.1. The number of aliphatic imine (C=N–C) groups is 1. The van der Waals surface area contributed by atoms with E-state index < -0.39 is 146 Å². The molecule has 0 saturated heterocycles. The van der Waals surface area contributed by atoms with Crippen molar-refractivity contribution in [2.45, 2.75) is 71.4 Å². The number of oxazole rings is 2. The summed E-state index contributed by atoms with van der Waals surface area (Å²) in [5, 5.41) is 55.6. The van der Waals surface area contributed by atoms with Crippen LogP contribution in [0.3, 0.4) is 0 Å². The Morgan fingerprint density at radius 2 is 1.17 bits per heavy atom. The van der Waals surface area contributed by atoms with Crippen LogP contribution < -0.4 is 53.2 Å². The Kier molecular flexibility index (Phi) is 17.9. The molecule has 6 heterocycles. The molecule has 4 aliphatic rings. The first-order valence-corrected chi connectivity index (χ1v) is 24.6. The summed E-state index contributed by atoms with van der Waals surface area (Å²) in [4.78, 5) is 160. The number of nitrogens with zero attached hydrogens (tertiary/aromatic N) is 4. The molecule has 10 amide bonds. The third kappa shape index (κ3) is 13.5. The molecule has 2 aromatic rings. The predicted octanol–water partition coefficient (Wildman–Crippen LogP) is -1.41. The summed E-state index contributed by atoms with van der Waals surface area (Å²) >= 11 is 0.981. The zero-order valence-electron chi connectivity index (χ0n) is 44.3. The highest BCUT2D eigenvalue weighted by atomic mass is 32.2. The van der Waals surface area contributed by atoms with Gasteiger partial charge in [-0.15, -0.1) is 0 Å². The van der Waals surface area contributed by atoms with Crippen molar-refractivity contribution in [1.82, 2.24) is 68.0 Å². The van der Waals surface area contributed by atoms with Crippen LogP contribution in [0.1, 0.15) is 72.0 Å². The number of aliphatic carboxylic acids is 1. The van der Waals surface area contributed by atoms with Crippen molar-refractivity contribution in [2.75, 3.05) is 0 Å². The number of aryl methyl sites for hydroxylation is 2. The van der Waals surface area contributed by atoms with Gasteiger partial charge in [0.15, 0.2) is 11.4 Å². The maximum Gasteiger partial charge on any atom is 0.353 e. The van der Waals surface area contributed by atoms with Crippen LogP contribution in [0, 0.1) is 13.8 Å².